The molecule has 11 heavy (non-hydrogen) atoms. The molecular formula is C5H5F3N2O. The first kappa shape index (κ1) is 7.90. The van der Waals surface area contributed by atoms with Gasteiger partial charge in [0.2, 0.25) is 0 Å². The fourth-order valence-electron chi connectivity index (χ4n) is 0.705. The van der Waals surface area contributed by atoms with Crippen LogP contribution in [0.2, 0.25) is 0 Å². The number of nitrogens with one attached hydrogen (secondary N) is 1. The predicted octanol–water partition coefficient (Wildman–Crippen LogP) is 0.732. The van der Waals surface area contributed by atoms with Crippen LogP contribution in [-0.4, -0.2) is 9.55 Å². The molecule has 0 unspecified atom stereocenters. The number of aromatic nitrogens is 2. The molecule has 0 aliphatic heterocycles. The van der Waals surface area contributed by atoms with Gasteiger partial charge in [0.1, 0.15) is 5.69 Å². The lowest BCUT2D eigenvalue weighted by Crippen LogP contribution is -2.19. The Labute approximate surface area is 59.5 Å². The molecule has 0 radical (unpaired) electrons. The maximum atomic E-state index is 11.9. The van der Waals surface area contributed by atoms with E-state index in [0.29, 0.717) is 10.8 Å². The zero-order valence-corrected chi connectivity index (χ0v) is 5.57. The molecule has 0 aliphatic carbocycles. The van der Waals surface area contributed by atoms with Crippen LogP contribution in [0, 0.1) is 0 Å². The average molecular weight is 166 g/mol. The number of halogens is 3. The van der Waals surface area contributed by atoms with E-state index in [-0.39, 0.29) is 0 Å². The maximum absolute atomic E-state index is 11.9. The van der Waals surface area contributed by atoms with Crippen LogP contribution in [0.5, 0.6) is 0 Å². The third-order valence-corrected chi connectivity index (χ3v) is 1.29. The minimum absolute atomic E-state index is 0.514. The normalized spacial score (nSPS) is 12.0. The summed E-state index contributed by atoms with van der Waals surface area (Å²) >= 11 is 0. The van der Waals surface area contributed by atoms with E-state index in [0.717, 1.165) is 7.05 Å². The minimum atomic E-state index is -4.46. The van der Waals surface area contributed by atoms with Gasteiger partial charge in [0.15, 0.2) is 0 Å². The molecule has 0 saturated carbocycles. The monoisotopic (exact) mass is 166 g/mol. The number of H-pyrrole nitrogens is 1. The lowest BCUT2D eigenvalue weighted by Gasteiger charge is -2.04. The molecule has 0 saturated heterocycles. The summed E-state index contributed by atoms with van der Waals surface area (Å²) in [6, 6.07) is 0. The van der Waals surface area contributed by atoms with Crippen LogP contribution in [0.25, 0.3) is 0 Å². The summed E-state index contributed by atoms with van der Waals surface area (Å²) in [5, 5.41) is 0. The number of alkyl halides is 3. The highest BCUT2D eigenvalue weighted by Crippen LogP contribution is 2.26. The summed E-state index contributed by atoms with van der Waals surface area (Å²) in [7, 11) is 1.06. The van der Waals surface area contributed by atoms with Crippen LogP contribution in [0.15, 0.2) is 11.0 Å². The van der Waals surface area contributed by atoms with E-state index < -0.39 is 17.6 Å². The van der Waals surface area contributed by atoms with Crippen molar-refractivity contribution < 1.29 is 13.2 Å². The molecule has 6 heteroatoms. The third kappa shape index (κ3) is 1.28. The SMILES string of the molecule is Cn1c(C(F)(F)F)c[nH]c1=O. The number of hydrogen-bond donors (Lipinski definition) is 1. The van der Waals surface area contributed by atoms with Gasteiger partial charge >= 0.3 is 11.9 Å². The largest absolute Gasteiger partial charge is 0.433 e. The number of rotatable bonds is 0. The standard InChI is InChI=1S/C5H5F3N2O/c1-10-3(5(6,7)8)2-9-4(10)11/h2H,1H3,(H,9,11). The van der Waals surface area contributed by atoms with Crippen LogP contribution in [0.1, 0.15) is 5.69 Å². The smallest absolute Gasteiger partial charge is 0.312 e. The molecule has 0 fully saturated rings. The molecular weight excluding hydrogens is 161 g/mol. The maximum Gasteiger partial charge on any atom is 0.433 e. The summed E-state index contributed by atoms with van der Waals surface area (Å²) < 4.78 is 36.2. The summed E-state index contributed by atoms with van der Waals surface area (Å²) in [5.41, 5.74) is -1.74. The quantitative estimate of drug-likeness (QED) is 0.606. The van der Waals surface area contributed by atoms with Gasteiger partial charge in [0, 0.05) is 13.2 Å². The van der Waals surface area contributed by atoms with Crippen LogP contribution >= 0.6 is 0 Å². The lowest BCUT2D eigenvalue weighted by molar-refractivity contribution is -0.143. The van der Waals surface area contributed by atoms with E-state index in [1.165, 1.54) is 0 Å². The molecule has 1 rings (SSSR count). The first-order valence-electron chi connectivity index (χ1n) is 2.74. The molecule has 0 atom stereocenters. The van der Waals surface area contributed by atoms with Gasteiger partial charge in [-0.1, -0.05) is 0 Å². The highest BCUT2D eigenvalue weighted by atomic mass is 19.4. The molecule has 1 aromatic heterocycles. The Morgan fingerprint density at radius 1 is 1.55 bits per heavy atom. The van der Waals surface area contributed by atoms with Gasteiger partial charge in [-0.2, -0.15) is 13.2 Å². The van der Waals surface area contributed by atoms with Crippen molar-refractivity contribution in [2.75, 3.05) is 0 Å². The Kier molecular flexibility index (Phi) is 1.54. The second kappa shape index (κ2) is 2.14. The Bertz CT molecular complexity index is 308. The van der Waals surface area contributed by atoms with Gasteiger partial charge in [0.05, 0.1) is 0 Å². The van der Waals surface area contributed by atoms with E-state index in [1.54, 1.807) is 0 Å². The Balaban J connectivity index is 3.26. The average Bonchev–Trinajstić information content (AvgIpc) is 2.11. The zero-order chi connectivity index (χ0) is 8.65. The minimum Gasteiger partial charge on any atom is -0.312 e. The molecule has 3 nitrogen and oxygen atoms in total. The molecule has 0 bridgehead atoms. The number of hydrogen-bond acceptors (Lipinski definition) is 1. The molecule has 1 aromatic rings. The third-order valence-electron chi connectivity index (χ3n) is 1.29. The molecule has 0 amide bonds. The van der Waals surface area contributed by atoms with Crippen molar-refractivity contribution in [2.24, 2.45) is 7.05 Å². The Morgan fingerprint density at radius 3 is 2.27 bits per heavy atom. The second-order valence-electron chi connectivity index (χ2n) is 2.04. The highest BCUT2D eigenvalue weighted by Gasteiger charge is 2.34. The van der Waals surface area contributed by atoms with E-state index in [2.05, 4.69) is 0 Å². The fraction of sp³-hybridized carbons (Fsp3) is 0.400. The van der Waals surface area contributed by atoms with Crippen molar-refractivity contribution in [3.8, 4) is 0 Å². The molecule has 0 spiro atoms. The molecule has 0 aliphatic rings. The van der Waals surface area contributed by atoms with Crippen LogP contribution in [0.4, 0.5) is 13.2 Å². The van der Waals surface area contributed by atoms with Crippen molar-refractivity contribution in [1.29, 1.82) is 0 Å². The Hall–Kier alpha value is -1.20. The number of aromatic amines is 1. The summed E-state index contributed by atoms with van der Waals surface area (Å²) in [4.78, 5) is 12.4. The van der Waals surface area contributed by atoms with Crippen LogP contribution in [0.3, 0.4) is 0 Å². The van der Waals surface area contributed by atoms with Gasteiger partial charge in [-0.05, 0) is 0 Å². The topological polar surface area (TPSA) is 37.8 Å². The lowest BCUT2D eigenvalue weighted by atomic mass is 10.5. The van der Waals surface area contributed by atoms with E-state index in [4.69, 9.17) is 0 Å². The van der Waals surface area contributed by atoms with Gasteiger partial charge < -0.3 is 4.98 Å². The molecule has 1 N–H and O–H groups in total. The van der Waals surface area contributed by atoms with E-state index in [9.17, 15) is 18.0 Å². The summed E-state index contributed by atoms with van der Waals surface area (Å²) in [6.45, 7) is 0. The number of imidazole rings is 1. The van der Waals surface area contributed by atoms with Crippen LogP contribution < -0.4 is 5.69 Å². The van der Waals surface area contributed by atoms with E-state index in [1.807, 2.05) is 4.98 Å². The van der Waals surface area contributed by atoms with Crippen molar-refractivity contribution in [2.45, 2.75) is 6.18 Å². The number of nitrogens with zero attached hydrogens (tertiary/aromatic N) is 1. The summed E-state index contributed by atoms with van der Waals surface area (Å²) in [5.74, 6) is 0. The zero-order valence-electron chi connectivity index (χ0n) is 5.57. The van der Waals surface area contributed by atoms with Gasteiger partial charge in [0.25, 0.3) is 0 Å². The van der Waals surface area contributed by atoms with Crippen LogP contribution in [-0.2, 0) is 13.2 Å². The van der Waals surface area contributed by atoms with Crippen molar-refractivity contribution in [3.05, 3.63) is 22.4 Å². The molecule has 62 valence electrons. The fourth-order valence-corrected chi connectivity index (χ4v) is 0.705. The summed E-state index contributed by atoms with van der Waals surface area (Å²) in [6.07, 6.45) is -3.82. The van der Waals surface area contributed by atoms with Gasteiger partial charge in [-0.25, -0.2) is 4.79 Å². The van der Waals surface area contributed by atoms with Crippen molar-refractivity contribution in [3.63, 3.8) is 0 Å². The highest BCUT2D eigenvalue weighted by molar-refractivity contribution is 5.02. The first-order chi connectivity index (χ1) is 4.93. The molecule has 1 heterocycles. The molecule has 0 aromatic carbocycles. The second-order valence-corrected chi connectivity index (χ2v) is 2.04. The van der Waals surface area contributed by atoms with E-state index >= 15 is 0 Å². The van der Waals surface area contributed by atoms with Crippen molar-refractivity contribution >= 4 is 0 Å². The van der Waals surface area contributed by atoms with Crippen molar-refractivity contribution in [1.82, 2.24) is 9.55 Å². The predicted molar refractivity (Wildman–Crippen MR) is 31.0 cm³/mol. The Morgan fingerprint density at radius 2 is 2.09 bits per heavy atom. The first-order valence-corrected chi connectivity index (χ1v) is 2.74. The van der Waals surface area contributed by atoms with Gasteiger partial charge in [-0.3, -0.25) is 4.57 Å². The van der Waals surface area contributed by atoms with Gasteiger partial charge in [-0.15, -0.1) is 0 Å².